The number of rotatable bonds is 5. The Balaban J connectivity index is 0.000000428. The second-order valence-corrected chi connectivity index (χ2v) is 16.8. The molecule has 13 nitrogen and oxygen atoms in total. The number of carbonyl (C=O) groups is 3. The lowest BCUT2D eigenvalue weighted by Crippen LogP contribution is -2.61. The smallest absolute Gasteiger partial charge is 0.294 e. The largest absolute Gasteiger partial charge is 0.412 e. The van der Waals surface area contributed by atoms with Gasteiger partial charge in [-0.25, -0.2) is 9.37 Å². The fourth-order valence-corrected chi connectivity index (χ4v) is 9.14. The summed E-state index contributed by atoms with van der Waals surface area (Å²) in [6, 6.07) is 12.8. The molecule has 8 N–H and O–H groups in total. The van der Waals surface area contributed by atoms with E-state index in [-0.39, 0.29) is 45.1 Å². The van der Waals surface area contributed by atoms with Crippen LogP contribution in [-0.2, 0) is 34.7 Å². The molecule has 1 aromatic heterocycles. The molecule has 53 heavy (non-hydrogen) atoms. The van der Waals surface area contributed by atoms with Gasteiger partial charge >= 0.3 is 0 Å². The fourth-order valence-electron chi connectivity index (χ4n) is 8.30. The molecule has 3 amide bonds. The molecule has 0 bridgehead atoms. The average Bonchev–Trinajstić information content (AvgIpc) is 3.56. The maximum atomic E-state index is 16.0. The number of ether oxygens (including phenoxy) is 1. The first-order chi connectivity index (χ1) is 24.5. The summed E-state index contributed by atoms with van der Waals surface area (Å²) < 4.78 is 50.8. The van der Waals surface area contributed by atoms with Gasteiger partial charge in [-0.05, 0) is 85.4 Å². The number of nitrogens with one attached hydrogen (secondary N) is 3. The van der Waals surface area contributed by atoms with Crippen molar-refractivity contribution in [3.8, 4) is 0 Å². The van der Waals surface area contributed by atoms with Crippen molar-refractivity contribution in [3.63, 3.8) is 0 Å². The van der Waals surface area contributed by atoms with Crippen LogP contribution in [0.4, 0.5) is 10.1 Å². The Morgan fingerprint density at radius 2 is 1.74 bits per heavy atom. The van der Waals surface area contributed by atoms with E-state index in [4.69, 9.17) is 38.2 Å². The van der Waals surface area contributed by atoms with Crippen molar-refractivity contribution in [2.24, 2.45) is 11.1 Å². The lowest BCUT2D eigenvalue weighted by Gasteiger charge is -2.50. The van der Waals surface area contributed by atoms with Gasteiger partial charge in [-0.3, -0.25) is 24.3 Å². The van der Waals surface area contributed by atoms with Crippen molar-refractivity contribution in [1.29, 1.82) is 0 Å². The third-order valence-electron chi connectivity index (χ3n) is 10.9. The molecule has 5 atom stereocenters. The molecule has 3 aromatic rings. The van der Waals surface area contributed by atoms with E-state index in [9.17, 15) is 22.8 Å². The van der Waals surface area contributed by atoms with E-state index in [1.165, 1.54) is 24.4 Å². The SMILES string of the molecule is CC1(C)CCC2(CC1)N[C@@H](C(=O)N[C@@H]1CC[C@@H](C(N)=O)OC1)[C@H](c1ccnc(Cl)c1F)[C@]21C(=O)Nc2cc(Cl)ccc21.O.O=S(=O)(O)c1ccccc1. The van der Waals surface area contributed by atoms with Gasteiger partial charge in [-0.1, -0.05) is 61.3 Å². The van der Waals surface area contributed by atoms with Crippen molar-refractivity contribution < 1.29 is 42.0 Å². The Labute approximate surface area is 316 Å². The number of primary amides is 1. The molecule has 4 heterocycles. The number of hydrogen-bond acceptors (Lipinski definition) is 8. The van der Waals surface area contributed by atoms with Gasteiger partial charge in [-0.2, -0.15) is 8.42 Å². The summed E-state index contributed by atoms with van der Waals surface area (Å²) in [5.74, 6) is -2.99. The zero-order valence-electron chi connectivity index (χ0n) is 29.0. The van der Waals surface area contributed by atoms with Crippen molar-refractivity contribution in [3.05, 3.63) is 87.9 Å². The highest BCUT2D eigenvalue weighted by atomic mass is 35.5. The van der Waals surface area contributed by atoms with Gasteiger partial charge in [0.15, 0.2) is 11.0 Å². The van der Waals surface area contributed by atoms with Gasteiger partial charge < -0.3 is 26.6 Å². The molecule has 17 heteroatoms. The molecule has 2 spiro atoms. The number of nitrogens with zero attached hydrogens (tertiary/aromatic N) is 1. The summed E-state index contributed by atoms with van der Waals surface area (Å²) in [5.41, 5.74) is 4.54. The summed E-state index contributed by atoms with van der Waals surface area (Å²) in [6.45, 7) is 4.49. The Morgan fingerprint density at radius 3 is 2.32 bits per heavy atom. The van der Waals surface area contributed by atoms with Crippen LogP contribution in [0.2, 0.25) is 10.2 Å². The number of benzene rings is 2. The summed E-state index contributed by atoms with van der Waals surface area (Å²) >= 11 is 12.5. The highest BCUT2D eigenvalue weighted by molar-refractivity contribution is 7.85. The van der Waals surface area contributed by atoms with Crippen LogP contribution in [0.1, 0.15) is 69.4 Å². The van der Waals surface area contributed by atoms with Crippen LogP contribution < -0.4 is 21.7 Å². The number of carbonyl (C=O) groups excluding carboxylic acids is 3. The first kappa shape index (κ1) is 40.5. The number of pyridine rings is 1. The Kier molecular flexibility index (Phi) is 11.6. The maximum Gasteiger partial charge on any atom is 0.294 e. The third-order valence-corrected chi connectivity index (χ3v) is 12.3. The second-order valence-electron chi connectivity index (χ2n) is 14.6. The number of nitrogens with two attached hydrogens (primary N) is 1. The maximum absolute atomic E-state index is 16.0. The van der Waals surface area contributed by atoms with Gasteiger partial charge in [-0.15, -0.1) is 0 Å². The number of hydrogen-bond donors (Lipinski definition) is 5. The summed E-state index contributed by atoms with van der Waals surface area (Å²) in [6.07, 6.45) is 4.31. The number of halogens is 3. The molecule has 0 radical (unpaired) electrons. The summed E-state index contributed by atoms with van der Waals surface area (Å²) in [7, 11) is -4.00. The molecule has 1 aliphatic carbocycles. The zero-order valence-corrected chi connectivity index (χ0v) is 31.3. The monoisotopic (exact) mass is 793 g/mol. The molecule has 2 saturated heterocycles. The first-order valence-corrected chi connectivity index (χ1v) is 19.1. The van der Waals surface area contributed by atoms with Gasteiger partial charge in [0.05, 0.1) is 23.6 Å². The van der Waals surface area contributed by atoms with E-state index in [1.807, 2.05) is 6.07 Å². The number of anilines is 1. The molecular formula is C36H42Cl2FN5O8S. The third kappa shape index (κ3) is 7.53. The lowest BCUT2D eigenvalue weighted by atomic mass is 9.53. The molecular weight excluding hydrogens is 752 g/mol. The first-order valence-electron chi connectivity index (χ1n) is 16.9. The Hall–Kier alpha value is -3.70. The van der Waals surface area contributed by atoms with Crippen LogP contribution in [0, 0.1) is 11.2 Å². The van der Waals surface area contributed by atoms with E-state index < -0.39 is 56.8 Å². The predicted octanol–water partition coefficient (Wildman–Crippen LogP) is 4.07. The number of amides is 3. The topological polar surface area (TPSA) is 221 Å². The summed E-state index contributed by atoms with van der Waals surface area (Å²) in [5, 5.41) is 9.81. The normalized spacial score (nSPS) is 26.8. The zero-order chi connectivity index (χ0) is 37.6. The quantitative estimate of drug-likeness (QED) is 0.185. The van der Waals surface area contributed by atoms with Crippen LogP contribution in [0.15, 0.2) is 65.7 Å². The molecule has 0 unspecified atom stereocenters. The van der Waals surface area contributed by atoms with Crippen LogP contribution in [-0.4, -0.2) is 71.5 Å². The van der Waals surface area contributed by atoms with Gasteiger partial charge in [0, 0.05) is 28.4 Å². The van der Waals surface area contributed by atoms with E-state index in [0.29, 0.717) is 42.0 Å². The van der Waals surface area contributed by atoms with E-state index in [2.05, 4.69) is 34.8 Å². The fraction of sp³-hybridized carbons (Fsp3) is 0.444. The molecule has 286 valence electrons. The Bertz CT molecular complexity index is 1990. The molecule has 3 aliphatic heterocycles. The molecule has 2 aromatic carbocycles. The van der Waals surface area contributed by atoms with Crippen molar-refractivity contribution in [2.75, 3.05) is 11.9 Å². The van der Waals surface area contributed by atoms with Crippen LogP contribution >= 0.6 is 23.2 Å². The predicted molar refractivity (Wildman–Crippen MR) is 196 cm³/mol. The highest BCUT2D eigenvalue weighted by Gasteiger charge is 2.73. The minimum atomic E-state index is -4.00. The molecule has 7 rings (SSSR count). The minimum absolute atomic E-state index is 0. The molecule has 3 fully saturated rings. The highest BCUT2D eigenvalue weighted by Crippen LogP contribution is 2.64. The van der Waals surface area contributed by atoms with Crippen molar-refractivity contribution >= 4 is 56.7 Å². The van der Waals surface area contributed by atoms with E-state index >= 15 is 4.39 Å². The minimum Gasteiger partial charge on any atom is -0.412 e. The Morgan fingerprint density at radius 1 is 1.06 bits per heavy atom. The van der Waals surface area contributed by atoms with Gasteiger partial charge in [0.1, 0.15) is 11.5 Å². The van der Waals surface area contributed by atoms with Crippen LogP contribution in [0.3, 0.4) is 0 Å². The average molecular weight is 795 g/mol. The van der Waals surface area contributed by atoms with Crippen molar-refractivity contribution in [1.82, 2.24) is 15.6 Å². The van der Waals surface area contributed by atoms with Crippen LogP contribution in [0.5, 0.6) is 0 Å². The summed E-state index contributed by atoms with van der Waals surface area (Å²) in [4.78, 5) is 44.1. The lowest BCUT2D eigenvalue weighted by molar-refractivity contribution is -0.134. The van der Waals surface area contributed by atoms with Gasteiger partial charge in [0.25, 0.3) is 10.1 Å². The second kappa shape index (κ2) is 15.2. The molecule has 4 aliphatic rings. The number of fused-ring (bicyclic) bond motifs is 3. The van der Waals surface area contributed by atoms with E-state index in [1.54, 1.807) is 30.3 Å². The van der Waals surface area contributed by atoms with Crippen LogP contribution in [0.25, 0.3) is 0 Å². The number of aromatic nitrogens is 1. The molecule has 1 saturated carbocycles. The van der Waals surface area contributed by atoms with Crippen molar-refractivity contribution in [2.45, 2.75) is 92.3 Å². The van der Waals surface area contributed by atoms with E-state index in [0.717, 1.165) is 12.8 Å². The van der Waals surface area contributed by atoms with Gasteiger partial charge in [0.2, 0.25) is 17.7 Å². The standard InChI is InChI=1S/C30H34Cl2FN5O4.C6H6O3S.H2O/c1-28(2)8-10-29(11-9-28)30(18-5-3-15(31)13-19(18)37-27(30)41)21(17-7-12-35-24(32)22(17)33)23(38-29)26(40)36-16-4-6-20(25(34)39)42-14-16;7-10(8,9)6-4-2-1-3-5-6;/h3,5,7,12-13,16,20-21,23,38H,4,6,8-11,14H2,1-2H3,(H2,34,39)(H,36,40)(H,37,41);1-5H,(H,7,8,9);1H2/t16-,20+,21+,23-,30-;;/m1../s1.